The number of piperidine rings is 1. The highest BCUT2D eigenvalue weighted by Crippen LogP contribution is 2.43. The molecule has 1 saturated heterocycles. The molecule has 3 aromatic carbocycles. The first-order chi connectivity index (χ1) is 17.7. The summed E-state index contributed by atoms with van der Waals surface area (Å²) in [6.45, 7) is 4.60. The zero-order chi connectivity index (χ0) is 24.9. The van der Waals surface area contributed by atoms with Gasteiger partial charge in [-0.3, -0.25) is 0 Å². The van der Waals surface area contributed by atoms with Crippen molar-refractivity contribution in [2.24, 2.45) is 0 Å². The Balaban J connectivity index is 1.72. The summed E-state index contributed by atoms with van der Waals surface area (Å²) >= 11 is 0. The number of aromatic nitrogens is 1. The average Bonchev–Trinajstić information content (AvgIpc) is 2.94. The third-order valence-electron chi connectivity index (χ3n) is 6.66. The number of benzene rings is 3. The first kappa shape index (κ1) is 23.9. The van der Waals surface area contributed by atoms with E-state index in [1.54, 1.807) is 19.2 Å². The number of para-hydroxylation sites is 1. The van der Waals surface area contributed by atoms with Gasteiger partial charge in [0.25, 0.3) is 0 Å². The Morgan fingerprint density at radius 2 is 1.53 bits per heavy atom. The number of ether oxygens (including phenoxy) is 2. The topological polar surface area (TPSA) is 34.6 Å². The molecule has 0 N–H and O–H groups in total. The summed E-state index contributed by atoms with van der Waals surface area (Å²) in [6, 6.07) is 24.9. The van der Waals surface area contributed by atoms with Crippen LogP contribution in [0.25, 0.3) is 33.6 Å². The summed E-state index contributed by atoms with van der Waals surface area (Å²) in [4.78, 5) is 7.62. The van der Waals surface area contributed by atoms with Crippen LogP contribution >= 0.6 is 0 Å². The minimum atomic E-state index is -0.259. The molecule has 1 fully saturated rings. The molecule has 0 radical (unpaired) electrons. The predicted molar refractivity (Wildman–Crippen MR) is 144 cm³/mol. The van der Waals surface area contributed by atoms with Crippen molar-refractivity contribution in [3.8, 4) is 45.1 Å². The van der Waals surface area contributed by atoms with Crippen molar-refractivity contribution in [1.29, 1.82) is 0 Å². The minimum Gasteiger partial charge on any atom is -0.497 e. The first-order valence-electron chi connectivity index (χ1n) is 12.6. The molecule has 184 valence electrons. The highest BCUT2D eigenvalue weighted by atomic mass is 19.1. The van der Waals surface area contributed by atoms with E-state index in [1.807, 2.05) is 37.3 Å². The molecule has 5 rings (SSSR count). The van der Waals surface area contributed by atoms with E-state index in [2.05, 4.69) is 29.2 Å². The number of hydrogen-bond acceptors (Lipinski definition) is 4. The van der Waals surface area contributed by atoms with Gasteiger partial charge in [-0.2, -0.15) is 0 Å². The van der Waals surface area contributed by atoms with Crippen LogP contribution in [0.3, 0.4) is 0 Å². The van der Waals surface area contributed by atoms with Gasteiger partial charge in [0.1, 0.15) is 17.3 Å². The second-order valence-electron chi connectivity index (χ2n) is 8.96. The Morgan fingerprint density at radius 3 is 2.22 bits per heavy atom. The maximum absolute atomic E-state index is 13.6. The molecule has 0 saturated carbocycles. The van der Waals surface area contributed by atoms with Crippen molar-refractivity contribution in [1.82, 2.24) is 4.98 Å². The normalized spacial score (nSPS) is 13.5. The predicted octanol–water partition coefficient (Wildman–Crippen LogP) is 7.62. The minimum absolute atomic E-state index is 0.259. The van der Waals surface area contributed by atoms with E-state index in [-0.39, 0.29) is 5.82 Å². The molecule has 0 amide bonds. The molecule has 2 heterocycles. The van der Waals surface area contributed by atoms with Crippen LogP contribution in [0.2, 0.25) is 0 Å². The number of methoxy groups -OCH3 is 1. The maximum Gasteiger partial charge on any atom is 0.143 e. The van der Waals surface area contributed by atoms with Gasteiger partial charge in [0.05, 0.1) is 30.8 Å². The van der Waals surface area contributed by atoms with E-state index < -0.39 is 0 Å². The summed E-state index contributed by atoms with van der Waals surface area (Å²) in [5.41, 5.74) is 6.76. The quantitative estimate of drug-likeness (QED) is 0.271. The average molecular weight is 483 g/mol. The SMILES string of the molecule is CCOc1cccc(-c2nc(-c3ccc(F)cc3)ccc2-c2ccc(OC)cc2)c1N1CCCCC1. The second-order valence-corrected chi connectivity index (χ2v) is 8.96. The Bertz CT molecular complexity index is 1310. The molecule has 0 aliphatic carbocycles. The van der Waals surface area contributed by atoms with Crippen LogP contribution in [0, 0.1) is 5.82 Å². The summed E-state index contributed by atoms with van der Waals surface area (Å²) in [5.74, 6) is 1.43. The molecular formula is C31H31FN2O2. The Kier molecular flexibility index (Phi) is 7.17. The van der Waals surface area contributed by atoms with Crippen LogP contribution in [0.4, 0.5) is 10.1 Å². The van der Waals surface area contributed by atoms with Gasteiger partial charge in [-0.05, 0) is 80.3 Å². The number of hydrogen-bond donors (Lipinski definition) is 0. The van der Waals surface area contributed by atoms with Crippen LogP contribution in [0.15, 0.2) is 78.9 Å². The summed E-state index contributed by atoms with van der Waals surface area (Å²) in [7, 11) is 1.67. The summed E-state index contributed by atoms with van der Waals surface area (Å²) < 4.78 is 25.1. The summed E-state index contributed by atoms with van der Waals surface area (Å²) in [5, 5.41) is 0. The zero-order valence-corrected chi connectivity index (χ0v) is 20.8. The largest absolute Gasteiger partial charge is 0.497 e. The molecule has 4 nitrogen and oxygen atoms in total. The van der Waals surface area contributed by atoms with E-state index in [4.69, 9.17) is 14.5 Å². The van der Waals surface area contributed by atoms with Gasteiger partial charge >= 0.3 is 0 Å². The molecular weight excluding hydrogens is 451 g/mol. The number of rotatable bonds is 7. The van der Waals surface area contributed by atoms with E-state index in [1.165, 1.54) is 18.6 Å². The highest BCUT2D eigenvalue weighted by molar-refractivity contribution is 5.91. The molecule has 1 aliphatic rings. The lowest BCUT2D eigenvalue weighted by Gasteiger charge is -2.32. The fourth-order valence-corrected chi connectivity index (χ4v) is 4.88. The molecule has 36 heavy (non-hydrogen) atoms. The number of nitrogens with zero attached hydrogens (tertiary/aromatic N) is 2. The monoisotopic (exact) mass is 482 g/mol. The van der Waals surface area contributed by atoms with Crippen LogP contribution in [-0.2, 0) is 0 Å². The fraction of sp³-hybridized carbons (Fsp3) is 0.258. The molecule has 0 atom stereocenters. The van der Waals surface area contributed by atoms with Crippen molar-refractivity contribution in [3.63, 3.8) is 0 Å². The molecule has 5 heteroatoms. The molecule has 0 spiro atoms. The van der Waals surface area contributed by atoms with Crippen LogP contribution in [-0.4, -0.2) is 31.8 Å². The Hall–Kier alpha value is -3.86. The maximum atomic E-state index is 13.6. The lowest BCUT2D eigenvalue weighted by molar-refractivity contribution is 0.340. The fourth-order valence-electron chi connectivity index (χ4n) is 4.88. The second kappa shape index (κ2) is 10.8. The van der Waals surface area contributed by atoms with Crippen molar-refractivity contribution in [2.45, 2.75) is 26.2 Å². The van der Waals surface area contributed by atoms with Gasteiger partial charge in [-0.15, -0.1) is 0 Å². The van der Waals surface area contributed by atoms with Crippen molar-refractivity contribution >= 4 is 5.69 Å². The van der Waals surface area contributed by atoms with Gasteiger partial charge in [0.15, 0.2) is 0 Å². The van der Waals surface area contributed by atoms with Crippen LogP contribution in [0.1, 0.15) is 26.2 Å². The van der Waals surface area contributed by atoms with Gasteiger partial charge in [0.2, 0.25) is 0 Å². The third kappa shape index (κ3) is 4.92. The third-order valence-corrected chi connectivity index (χ3v) is 6.66. The molecule has 1 aromatic heterocycles. The van der Waals surface area contributed by atoms with Gasteiger partial charge in [0, 0.05) is 29.8 Å². The number of halogens is 1. The highest BCUT2D eigenvalue weighted by Gasteiger charge is 2.23. The van der Waals surface area contributed by atoms with Gasteiger partial charge < -0.3 is 14.4 Å². The Labute approximate surface area is 212 Å². The number of pyridine rings is 1. The van der Waals surface area contributed by atoms with E-state index in [9.17, 15) is 4.39 Å². The van der Waals surface area contributed by atoms with E-state index in [0.717, 1.165) is 76.8 Å². The van der Waals surface area contributed by atoms with Gasteiger partial charge in [-0.25, -0.2) is 9.37 Å². The van der Waals surface area contributed by atoms with E-state index >= 15 is 0 Å². The summed E-state index contributed by atoms with van der Waals surface area (Å²) in [6.07, 6.45) is 3.57. The molecule has 4 aromatic rings. The lowest BCUT2D eigenvalue weighted by Crippen LogP contribution is -2.30. The van der Waals surface area contributed by atoms with E-state index in [0.29, 0.717) is 6.61 Å². The molecule has 0 bridgehead atoms. The standard InChI is InChI=1S/C31H31FN2O2/c1-3-36-29-9-7-8-27(31(29)34-20-5-4-6-21-34)30-26(22-12-16-25(35-2)17-13-22)18-19-28(33-30)23-10-14-24(32)15-11-23/h7-19H,3-6,20-21H2,1-2H3. The Morgan fingerprint density at radius 1 is 0.806 bits per heavy atom. The van der Waals surface area contributed by atoms with Gasteiger partial charge in [-0.1, -0.05) is 30.3 Å². The van der Waals surface area contributed by atoms with Crippen LogP contribution < -0.4 is 14.4 Å². The van der Waals surface area contributed by atoms with Crippen LogP contribution in [0.5, 0.6) is 11.5 Å². The zero-order valence-electron chi connectivity index (χ0n) is 20.8. The first-order valence-corrected chi connectivity index (χ1v) is 12.6. The smallest absolute Gasteiger partial charge is 0.143 e. The van der Waals surface area contributed by atoms with Crippen molar-refractivity contribution in [3.05, 3.63) is 84.7 Å². The molecule has 1 aliphatic heterocycles. The van der Waals surface area contributed by atoms with Crippen molar-refractivity contribution in [2.75, 3.05) is 31.7 Å². The lowest BCUT2D eigenvalue weighted by atomic mass is 9.95. The van der Waals surface area contributed by atoms with Crippen molar-refractivity contribution < 1.29 is 13.9 Å². The number of anilines is 1. The molecule has 0 unspecified atom stereocenters.